The molecular weight excluding hydrogens is 162 g/mol. The lowest BCUT2D eigenvalue weighted by atomic mass is 9.82. The molecule has 0 aromatic rings. The number of rotatable bonds is 2. The van der Waals surface area contributed by atoms with E-state index < -0.39 is 5.41 Å². The zero-order chi connectivity index (χ0) is 9.73. The molecular formula is C11H13NO. The number of carbonyl (C=O) groups excluding carboxylic acids is 1. The maximum atomic E-state index is 11.5. The van der Waals surface area contributed by atoms with Crippen LogP contribution in [0.25, 0.3) is 0 Å². The zero-order valence-electron chi connectivity index (χ0n) is 7.89. The second-order valence-electron chi connectivity index (χ2n) is 3.40. The van der Waals surface area contributed by atoms with E-state index in [-0.39, 0.29) is 5.78 Å². The van der Waals surface area contributed by atoms with Crippen LogP contribution in [0.1, 0.15) is 39.0 Å². The molecule has 0 amide bonds. The van der Waals surface area contributed by atoms with E-state index in [1.54, 1.807) is 6.92 Å². The van der Waals surface area contributed by atoms with E-state index in [0.717, 1.165) is 12.8 Å². The molecule has 1 saturated carbocycles. The van der Waals surface area contributed by atoms with Crippen molar-refractivity contribution < 1.29 is 4.79 Å². The number of hydrogen-bond donors (Lipinski definition) is 0. The third-order valence-electron chi connectivity index (χ3n) is 2.61. The van der Waals surface area contributed by atoms with E-state index in [1.807, 2.05) is 0 Å². The van der Waals surface area contributed by atoms with Gasteiger partial charge in [0.1, 0.15) is 5.41 Å². The fraction of sp³-hybridized carbons (Fsp3) is 0.636. The zero-order valence-corrected chi connectivity index (χ0v) is 7.89. The Hall–Kier alpha value is -1.28. The molecule has 0 aromatic heterocycles. The smallest absolute Gasteiger partial charge is 0.153 e. The maximum absolute atomic E-state index is 11.5. The van der Waals surface area contributed by atoms with Crippen molar-refractivity contribution in [3.8, 4) is 17.9 Å². The van der Waals surface area contributed by atoms with E-state index in [2.05, 4.69) is 17.9 Å². The van der Waals surface area contributed by atoms with Crippen LogP contribution in [0, 0.1) is 28.6 Å². The first-order chi connectivity index (χ1) is 6.25. The van der Waals surface area contributed by atoms with Crippen molar-refractivity contribution >= 4 is 5.78 Å². The van der Waals surface area contributed by atoms with Gasteiger partial charge in [0.15, 0.2) is 5.78 Å². The van der Waals surface area contributed by atoms with E-state index in [9.17, 15) is 4.79 Å². The summed E-state index contributed by atoms with van der Waals surface area (Å²) in [6.07, 6.45) is 3.45. The Balaban J connectivity index is 2.64. The summed E-state index contributed by atoms with van der Waals surface area (Å²) >= 11 is 0. The van der Waals surface area contributed by atoms with Crippen LogP contribution >= 0.6 is 0 Å². The lowest BCUT2D eigenvalue weighted by molar-refractivity contribution is -0.123. The normalized spacial score (nSPS) is 26.3. The first kappa shape index (κ1) is 9.81. The van der Waals surface area contributed by atoms with Crippen molar-refractivity contribution in [1.29, 1.82) is 5.26 Å². The number of hydrogen-bond acceptors (Lipinski definition) is 2. The highest BCUT2D eigenvalue weighted by molar-refractivity contribution is 5.89. The average molecular weight is 175 g/mol. The summed E-state index contributed by atoms with van der Waals surface area (Å²) < 4.78 is 0. The summed E-state index contributed by atoms with van der Waals surface area (Å²) in [6, 6.07) is 2.17. The Bertz CT molecular complexity index is 302. The van der Waals surface area contributed by atoms with Gasteiger partial charge in [0.25, 0.3) is 0 Å². The van der Waals surface area contributed by atoms with Gasteiger partial charge in [-0.3, -0.25) is 4.79 Å². The quantitative estimate of drug-likeness (QED) is 0.603. The summed E-state index contributed by atoms with van der Waals surface area (Å²) in [7, 11) is 0. The molecule has 0 bridgehead atoms. The van der Waals surface area contributed by atoms with Gasteiger partial charge in [-0.2, -0.15) is 5.26 Å². The first-order valence-electron chi connectivity index (χ1n) is 4.59. The standard InChI is InChI=1S/C11H13NO/c1-2-3-4-7-11(9-12)8-5-6-10(11)13/h4-8H2,1H3. The van der Waals surface area contributed by atoms with Gasteiger partial charge in [0.2, 0.25) is 0 Å². The molecule has 1 aliphatic rings. The molecule has 0 heterocycles. The summed E-state index contributed by atoms with van der Waals surface area (Å²) in [6.45, 7) is 1.77. The minimum Gasteiger partial charge on any atom is -0.298 e. The largest absolute Gasteiger partial charge is 0.298 e. The maximum Gasteiger partial charge on any atom is 0.153 e. The Labute approximate surface area is 78.9 Å². The van der Waals surface area contributed by atoms with Crippen LogP contribution in [0.2, 0.25) is 0 Å². The topological polar surface area (TPSA) is 40.9 Å². The molecule has 0 spiro atoms. The van der Waals surface area contributed by atoms with Gasteiger partial charge in [0, 0.05) is 12.8 Å². The van der Waals surface area contributed by atoms with Crippen LogP contribution in [-0.2, 0) is 4.79 Å². The van der Waals surface area contributed by atoms with Crippen LogP contribution in [0.3, 0.4) is 0 Å². The molecule has 2 heteroatoms. The Morgan fingerprint density at radius 2 is 2.38 bits per heavy atom. The molecule has 13 heavy (non-hydrogen) atoms. The highest BCUT2D eigenvalue weighted by atomic mass is 16.1. The number of nitriles is 1. The second kappa shape index (κ2) is 4.10. The van der Waals surface area contributed by atoms with Crippen LogP contribution in [0.15, 0.2) is 0 Å². The molecule has 0 radical (unpaired) electrons. The monoisotopic (exact) mass is 175 g/mol. The third kappa shape index (κ3) is 1.90. The van der Waals surface area contributed by atoms with Crippen molar-refractivity contribution in [1.82, 2.24) is 0 Å². The van der Waals surface area contributed by atoms with E-state index in [4.69, 9.17) is 5.26 Å². The van der Waals surface area contributed by atoms with Crippen LogP contribution in [0.5, 0.6) is 0 Å². The van der Waals surface area contributed by atoms with Gasteiger partial charge in [-0.05, 0) is 26.2 Å². The molecule has 0 aromatic carbocycles. The van der Waals surface area contributed by atoms with Crippen molar-refractivity contribution in [2.75, 3.05) is 0 Å². The highest BCUT2D eigenvalue weighted by Gasteiger charge is 2.41. The van der Waals surface area contributed by atoms with Crippen molar-refractivity contribution in [3.63, 3.8) is 0 Å². The minimum absolute atomic E-state index is 0.118. The summed E-state index contributed by atoms with van der Waals surface area (Å²) in [5.74, 6) is 5.80. The molecule has 68 valence electrons. The minimum atomic E-state index is -0.691. The van der Waals surface area contributed by atoms with Gasteiger partial charge in [0.05, 0.1) is 6.07 Å². The van der Waals surface area contributed by atoms with Gasteiger partial charge < -0.3 is 0 Å². The summed E-state index contributed by atoms with van der Waals surface area (Å²) in [5, 5.41) is 8.97. The fourth-order valence-electron chi connectivity index (χ4n) is 1.77. The molecule has 1 rings (SSSR count). The van der Waals surface area contributed by atoms with Crippen LogP contribution < -0.4 is 0 Å². The SMILES string of the molecule is CC#CCCC1(C#N)CCCC1=O. The molecule has 0 N–H and O–H groups in total. The van der Waals surface area contributed by atoms with Gasteiger partial charge in [-0.25, -0.2) is 0 Å². The molecule has 1 aliphatic carbocycles. The summed E-state index contributed by atoms with van der Waals surface area (Å²) in [4.78, 5) is 11.5. The Morgan fingerprint density at radius 1 is 1.62 bits per heavy atom. The fourth-order valence-corrected chi connectivity index (χ4v) is 1.77. The first-order valence-corrected chi connectivity index (χ1v) is 4.59. The van der Waals surface area contributed by atoms with E-state index in [0.29, 0.717) is 19.3 Å². The van der Waals surface area contributed by atoms with E-state index >= 15 is 0 Å². The van der Waals surface area contributed by atoms with Crippen LogP contribution in [0.4, 0.5) is 0 Å². The van der Waals surface area contributed by atoms with E-state index in [1.165, 1.54) is 0 Å². The molecule has 1 unspecified atom stereocenters. The van der Waals surface area contributed by atoms with Crippen molar-refractivity contribution in [2.45, 2.75) is 39.0 Å². The van der Waals surface area contributed by atoms with Gasteiger partial charge in [-0.15, -0.1) is 11.8 Å². The Morgan fingerprint density at radius 3 is 2.85 bits per heavy atom. The number of carbonyl (C=O) groups is 1. The second-order valence-corrected chi connectivity index (χ2v) is 3.40. The highest BCUT2D eigenvalue weighted by Crippen LogP contribution is 2.38. The predicted octanol–water partition coefficient (Wildman–Crippen LogP) is 2.05. The Kier molecular flexibility index (Phi) is 3.09. The lowest BCUT2D eigenvalue weighted by Gasteiger charge is -2.16. The van der Waals surface area contributed by atoms with Gasteiger partial charge in [-0.1, -0.05) is 0 Å². The number of nitrogens with zero attached hydrogens (tertiary/aromatic N) is 1. The molecule has 0 saturated heterocycles. The lowest BCUT2D eigenvalue weighted by Crippen LogP contribution is -2.23. The molecule has 0 aliphatic heterocycles. The molecule has 1 atom stereocenters. The number of Topliss-reactive ketones (excluding diaryl/α,β-unsaturated/α-hetero) is 1. The van der Waals surface area contributed by atoms with Crippen molar-refractivity contribution in [2.24, 2.45) is 5.41 Å². The van der Waals surface area contributed by atoms with Crippen molar-refractivity contribution in [3.05, 3.63) is 0 Å². The summed E-state index contributed by atoms with van der Waals surface area (Å²) in [5.41, 5.74) is -0.691. The van der Waals surface area contributed by atoms with Crippen LogP contribution in [-0.4, -0.2) is 5.78 Å². The van der Waals surface area contributed by atoms with Gasteiger partial charge >= 0.3 is 0 Å². The third-order valence-corrected chi connectivity index (χ3v) is 2.61. The average Bonchev–Trinajstić information content (AvgIpc) is 2.49. The molecule has 2 nitrogen and oxygen atoms in total. The number of ketones is 1. The molecule has 1 fully saturated rings. The predicted molar refractivity (Wildman–Crippen MR) is 49.6 cm³/mol.